The van der Waals surface area contributed by atoms with Gasteiger partial charge in [0.15, 0.2) is 0 Å². The SMILES string of the molecule is CC(C)(C)CCN1CCc2cccc(N)c21. The van der Waals surface area contributed by atoms with E-state index in [0.717, 1.165) is 25.2 Å². The average molecular weight is 218 g/mol. The second kappa shape index (κ2) is 4.00. The molecule has 1 heterocycles. The van der Waals surface area contributed by atoms with E-state index in [4.69, 9.17) is 5.73 Å². The van der Waals surface area contributed by atoms with Gasteiger partial charge in [-0.1, -0.05) is 32.9 Å². The monoisotopic (exact) mass is 218 g/mol. The van der Waals surface area contributed by atoms with E-state index in [1.54, 1.807) is 0 Å². The standard InChI is InChI=1S/C14H22N2/c1-14(2,3)8-10-16-9-7-11-5-4-6-12(15)13(11)16/h4-6H,7-10,15H2,1-3H3. The number of hydrogen-bond donors (Lipinski definition) is 1. The van der Waals surface area contributed by atoms with Gasteiger partial charge in [0.2, 0.25) is 0 Å². The summed E-state index contributed by atoms with van der Waals surface area (Å²) < 4.78 is 0. The summed E-state index contributed by atoms with van der Waals surface area (Å²) in [6.07, 6.45) is 2.35. The van der Waals surface area contributed by atoms with Crippen LogP contribution in [0.2, 0.25) is 0 Å². The summed E-state index contributed by atoms with van der Waals surface area (Å²) in [5, 5.41) is 0. The van der Waals surface area contributed by atoms with Crippen LogP contribution in [0.5, 0.6) is 0 Å². The van der Waals surface area contributed by atoms with Crippen LogP contribution in [-0.4, -0.2) is 13.1 Å². The van der Waals surface area contributed by atoms with Crippen LogP contribution >= 0.6 is 0 Å². The van der Waals surface area contributed by atoms with Crippen LogP contribution in [0.15, 0.2) is 18.2 Å². The Morgan fingerprint density at radius 1 is 1.31 bits per heavy atom. The van der Waals surface area contributed by atoms with Crippen LogP contribution in [0, 0.1) is 5.41 Å². The normalized spacial score (nSPS) is 15.3. The minimum Gasteiger partial charge on any atom is -0.397 e. The van der Waals surface area contributed by atoms with Crippen molar-refractivity contribution in [3.05, 3.63) is 23.8 Å². The number of fused-ring (bicyclic) bond motifs is 1. The van der Waals surface area contributed by atoms with Crippen molar-refractivity contribution in [2.24, 2.45) is 5.41 Å². The summed E-state index contributed by atoms with van der Waals surface area (Å²) in [6.45, 7) is 9.11. The topological polar surface area (TPSA) is 29.3 Å². The number of hydrogen-bond acceptors (Lipinski definition) is 2. The first-order valence-corrected chi connectivity index (χ1v) is 6.10. The molecule has 0 unspecified atom stereocenters. The maximum Gasteiger partial charge on any atom is 0.0633 e. The van der Waals surface area contributed by atoms with E-state index in [-0.39, 0.29) is 0 Å². The van der Waals surface area contributed by atoms with Gasteiger partial charge >= 0.3 is 0 Å². The molecule has 0 aliphatic carbocycles. The first-order chi connectivity index (χ1) is 7.47. The molecule has 88 valence electrons. The Bertz CT molecular complexity index is 377. The van der Waals surface area contributed by atoms with Crippen LogP contribution in [-0.2, 0) is 6.42 Å². The lowest BCUT2D eigenvalue weighted by molar-refractivity contribution is 0.380. The molecule has 0 atom stereocenters. The second-order valence-corrected chi connectivity index (χ2v) is 5.90. The van der Waals surface area contributed by atoms with Crippen LogP contribution in [0.1, 0.15) is 32.8 Å². The summed E-state index contributed by atoms with van der Waals surface area (Å²) in [5.74, 6) is 0. The van der Waals surface area contributed by atoms with Crippen molar-refractivity contribution < 1.29 is 0 Å². The van der Waals surface area contributed by atoms with Crippen molar-refractivity contribution in [2.75, 3.05) is 23.7 Å². The molecule has 2 nitrogen and oxygen atoms in total. The molecular formula is C14H22N2. The number of benzene rings is 1. The molecule has 1 aliphatic heterocycles. The number of nitrogen functional groups attached to an aromatic ring is 1. The second-order valence-electron chi connectivity index (χ2n) is 5.90. The van der Waals surface area contributed by atoms with Crippen molar-refractivity contribution in [1.29, 1.82) is 0 Å². The van der Waals surface area contributed by atoms with Gasteiger partial charge in [0.05, 0.1) is 11.4 Å². The summed E-state index contributed by atoms with van der Waals surface area (Å²) in [7, 11) is 0. The molecule has 0 aromatic heterocycles. The number of para-hydroxylation sites is 1. The number of rotatable bonds is 2. The summed E-state index contributed by atoms with van der Waals surface area (Å²) in [4.78, 5) is 2.44. The third-order valence-corrected chi connectivity index (χ3v) is 3.25. The molecule has 0 amide bonds. The molecule has 1 aliphatic rings. The van der Waals surface area contributed by atoms with Gasteiger partial charge in [-0.25, -0.2) is 0 Å². The summed E-state index contributed by atoms with van der Waals surface area (Å²) in [6, 6.07) is 6.26. The lowest BCUT2D eigenvalue weighted by Crippen LogP contribution is -2.26. The Hall–Kier alpha value is -1.18. The Kier molecular flexibility index (Phi) is 2.83. The van der Waals surface area contributed by atoms with E-state index in [0.29, 0.717) is 5.41 Å². The number of nitrogens with zero attached hydrogens (tertiary/aromatic N) is 1. The molecular weight excluding hydrogens is 196 g/mol. The van der Waals surface area contributed by atoms with Crippen molar-refractivity contribution in [3.63, 3.8) is 0 Å². The molecule has 2 rings (SSSR count). The highest BCUT2D eigenvalue weighted by atomic mass is 15.2. The van der Waals surface area contributed by atoms with Gasteiger partial charge < -0.3 is 10.6 Å². The van der Waals surface area contributed by atoms with E-state index in [9.17, 15) is 0 Å². The van der Waals surface area contributed by atoms with E-state index >= 15 is 0 Å². The smallest absolute Gasteiger partial charge is 0.0633 e. The minimum absolute atomic E-state index is 0.395. The highest BCUT2D eigenvalue weighted by molar-refractivity contribution is 5.74. The van der Waals surface area contributed by atoms with E-state index in [1.807, 2.05) is 6.07 Å². The molecule has 0 radical (unpaired) electrons. The molecule has 0 saturated heterocycles. The summed E-state index contributed by atoms with van der Waals surface area (Å²) >= 11 is 0. The molecule has 0 spiro atoms. The highest BCUT2D eigenvalue weighted by Crippen LogP contribution is 2.34. The fourth-order valence-corrected chi connectivity index (χ4v) is 2.26. The fraction of sp³-hybridized carbons (Fsp3) is 0.571. The van der Waals surface area contributed by atoms with Crippen LogP contribution in [0.3, 0.4) is 0 Å². The Balaban J connectivity index is 2.12. The lowest BCUT2D eigenvalue weighted by Gasteiger charge is -2.26. The number of nitrogens with two attached hydrogens (primary N) is 1. The van der Waals surface area contributed by atoms with Gasteiger partial charge in [-0.05, 0) is 29.9 Å². The maximum atomic E-state index is 6.06. The average Bonchev–Trinajstić information content (AvgIpc) is 2.58. The Labute approximate surface area is 98.4 Å². The zero-order valence-corrected chi connectivity index (χ0v) is 10.6. The quantitative estimate of drug-likeness (QED) is 0.773. The lowest BCUT2D eigenvalue weighted by atomic mass is 9.92. The minimum atomic E-state index is 0.395. The fourth-order valence-electron chi connectivity index (χ4n) is 2.26. The predicted molar refractivity (Wildman–Crippen MR) is 70.8 cm³/mol. The van der Waals surface area contributed by atoms with Gasteiger partial charge in [0.1, 0.15) is 0 Å². The zero-order chi connectivity index (χ0) is 11.8. The molecule has 2 N–H and O–H groups in total. The molecule has 1 aromatic rings. The van der Waals surface area contributed by atoms with Gasteiger partial charge in [-0.2, -0.15) is 0 Å². The molecule has 0 bridgehead atoms. The third kappa shape index (κ3) is 2.31. The first-order valence-electron chi connectivity index (χ1n) is 6.10. The molecule has 0 fully saturated rings. The maximum absolute atomic E-state index is 6.06. The first kappa shape index (κ1) is 11.3. The zero-order valence-electron chi connectivity index (χ0n) is 10.6. The van der Waals surface area contributed by atoms with E-state index < -0.39 is 0 Å². The molecule has 1 aromatic carbocycles. The third-order valence-electron chi connectivity index (χ3n) is 3.25. The van der Waals surface area contributed by atoms with Crippen molar-refractivity contribution >= 4 is 11.4 Å². The van der Waals surface area contributed by atoms with Crippen LogP contribution in [0.4, 0.5) is 11.4 Å². The van der Waals surface area contributed by atoms with Gasteiger partial charge in [-0.15, -0.1) is 0 Å². The molecule has 0 saturated carbocycles. The number of anilines is 2. The van der Waals surface area contributed by atoms with Gasteiger partial charge in [0.25, 0.3) is 0 Å². The van der Waals surface area contributed by atoms with Crippen molar-refractivity contribution in [3.8, 4) is 0 Å². The summed E-state index contributed by atoms with van der Waals surface area (Å²) in [5.41, 5.74) is 10.1. The Morgan fingerprint density at radius 2 is 2.06 bits per heavy atom. The highest BCUT2D eigenvalue weighted by Gasteiger charge is 2.22. The van der Waals surface area contributed by atoms with E-state index in [1.165, 1.54) is 17.7 Å². The van der Waals surface area contributed by atoms with E-state index in [2.05, 4.69) is 37.8 Å². The molecule has 16 heavy (non-hydrogen) atoms. The van der Waals surface area contributed by atoms with Crippen LogP contribution < -0.4 is 10.6 Å². The van der Waals surface area contributed by atoms with Gasteiger partial charge in [-0.3, -0.25) is 0 Å². The Morgan fingerprint density at radius 3 is 2.75 bits per heavy atom. The van der Waals surface area contributed by atoms with Crippen molar-refractivity contribution in [1.82, 2.24) is 0 Å². The van der Waals surface area contributed by atoms with Crippen molar-refractivity contribution in [2.45, 2.75) is 33.6 Å². The van der Waals surface area contributed by atoms with Crippen LogP contribution in [0.25, 0.3) is 0 Å². The largest absolute Gasteiger partial charge is 0.397 e. The predicted octanol–water partition coefficient (Wildman–Crippen LogP) is 3.07. The molecule has 2 heteroatoms. The van der Waals surface area contributed by atoms with Gasteiger partial charge in [0, 0.05) is 13.1 Å².